The molecule has 8 heteroatoms. The number of hydrogen-bond acceptors (Lipinski definition) is 5. The number of amides is 1. The van der Waals surface area contributed by atoms with E-state index in [1.54, 1.807) is 24.3 Å². The van der Waals surface area contributed by atoms with E-state index in [1.807, 2.05) is 0 Å². The molecule has 0 aliphatic carbocycles. The number of nitrogens with zero attached hydrogens (tertiary/aromatic N) is 2. The molecule has 0 spiro atoms. The number of nitrogens with one attached hydrogen (secondary N) is 1. The van der Waals surface area contributed by atoms with Crippen molar-refractivity contribution in [1.29, 1.82) is 0 Å². The highest BCUT2D eigenvalue weighted by molar-refractivity contribution is 5.92. The first-order valence-electron chi connectivity index (χ1n) is 6.23. The number of nitro benzene ring substituents is 1. The Balaban J connectivity index is 1.88. The Bertz CT molecular complexity index is 924. The average molecular weight is 299 g/mol. The van der Waals surface area contributed by atoms with Crippen LogP contribution in [-0.2, 0) is 0 Å². The summed E-state index contributed by atoms with van der Waals surface area (Å²) in [5, 5.41) is 13.3. The smallest absolute Gasteiger partial charge is 0.362 e. The van der Waals surface area contributed by atoms with E-state index < -0.39 is 16.5 Å². The van der Waals surface area contributed by atoms with Crippen molar-refractivity contribution in [1.82, 2.24) is 4.74 Å². The zero-order valence-electron chi connectivity index (χ0n) is 11.1. The molecule has 1 heterocycles. The van der Waals surface area contributed by atoms with E-state index in [0.29, 0.717) is 21.4 Å². The van der Waals surface area contributed by atoms with E-state index in [4.69, 9.17) is 4.52 Å². The second-order valence-corrected chi connectivity index (χ2v) is 4.42. The summed E-state index contributed by atoms with van der Waals surface area (Å²) in [6.07, 6.45) is 0. The number of carbonyl (C=O) groups is 1. The van der Waals surface area contributed by atoms with Gasteiger partial charge in [0.1, 0.15) is 0 Å². The lowest BCUT2D eigenvalue weighted by Crippen LogP contribution is -2.27. The van der Waals surface area contributed by atoms with Gasteiger partial charge in [0.25, 0.3) is 11.2 Å². The van der Waals surface area contributed by atoms with Crippen molar-refractivity contribution in [3.05, 3.63) is 69.0 Å². The summed E-state index contributed by atoms with van der Waals surface area (Å²) < 4.78 is 5.78. The first-order valence-corrected chi connectivity index (χ1v) is 6.23. The van der Waals surface area contributed by atoms with Gasteiger partial charge in [-0.3, -0.25) is 14.9 Å². The van der Waals surface area contributed by atoms with Crippen molar-refractivity contribution in [3.63, 3.8) is 0 Å². The first kappa shape index (κ1) is 13.6. The van der Waals surface area contributed by atoms with Crippen LogP contribution in [0.4, 0.5) is 16.2 Å². The third-order valence-corrected chi connectivity index (χ3v) is 3.01. The van der Waals surface area contributed by atoms with E-state index in [0.717, 1.165) is 0 Å². The second kappa shape index (κ2) is 5.17. The van der Waals surface area contributed by atoms with Crippen LogP contribution in [0.3, 0.4) is 0 Å². The van der Waals surface area contributed by atoms with Gasteiger partial charge in [0, 0.05) is 17.8 Å². The number of aromatic nitrogens is 1. The van der Waals surface area contributed by atoms with Crippen molar-refractivity contribution >= 4 is 28.4 Å². The molecule has 0 fully saturated rings. The van der Waals surface area contributed by atoms with Gasteiger partial charge in [0.15, 0.2) is 5.58 Å². The van der Waals surface area contributed by atoms with E-state index in [2.05, 4.69) is 5.32 Å². The van der Waals surface area contributed by atoms with E-state index in [-0.39, 0.29) is 5.69 Å². The minimum absolute atomic E-state index is 0.0982. The summed E-state index contributed by atoms with van der Waals surface area (Å²) in [7, 11) is 0. The molecule has 1 N–H and O–H groups in total. The number of para-hydroxylation sites is 1. The summed E-state index contributed by atoms with van der Waals surface area (Å²) in [5.41, 5.74) is -0.0665. The van der Waals surface area contributed by atoms with Crippen LogP contribution in [0.15, 0.2) is 57.8 Å². The molecule has 0 aliphatic rings. The maximum absolute atomic E-state index is 12.0. The van der Waals surface area contributed by atoms with E-state index in [9.17, 15) is 19.7 Å². The molecule has 1 aromatic heterocycles. The SMILES string of the molecule is O=C(Nc1ccc([N+](=O)[O-])cc1)n1oc2ccccc2c1=O. The molecule has 0 aliphatic heterocycles. The van der Waals surface area contributed by atoms with Crippen LogP contribution < -0.4 is 10.9 Å². The highest BCUT2D eigenvalue weighted by atomic mass is 16.6. The fraction of sp³-hybridized carbons (Fsp3) is 0. The molecule has 0 saturated carbocycles. The maximum atomic E-state index is 12.0. The first-order chi connectivity index (χ1) is 10.6. The summed E-state index contributed by atoms with van der Waals surface area (Å²) >= 11 is 0. The third-order valence-electron chi connectivity index (χ3n) is 3.01. The Morgan fingerprint density at radius 1 is 1.14 bits per heavy atom. The van der Waals surface area contributed by atoms with Gasteiger partial charge in [-0.15, -0.1) is 0 Å². The zero-order chi connectivity index (χ0) is 15.7. The largest absolute Gasteiger partial charge is 0.366 e. The fourth-order valence-electron chi connectivity index (χ4n) is 1.95. The summed E-state index contributed by atoms with van der Waals surface area (Å²) in [4.78, 5) is 34.1. The number of nitro groups is 1. The van der Waals surface area contributed by atoms with Crippen molar-refractivity contribution < 1.29 is 14.2 Å². The van der Waals surface area contributed by atoms with Gasteiger partial charge < -0.3 is 9.84 Å². The van der Waals surface area contributed by atoms with Crippen molar-refractivity contribution in [2.75, 3.05) is 5.32 Å². The molecule has 0 atom stereocenters. The predicted octanol–water partition coefficient (Wildman–Crippen LogP) is 2.58. The summed E-state index contributed by atoms with van der Waals surface area (Å²) in [6.45, 7) is 0. The quantitative estimate of drug-likeness (QED) is 0.578. The highest BCUT2D eigenvalue weighted by Gasteiger charge is 2.15. The Morgan fingerprint density at radius 2 is 1.82 bits per heavy atom. The zero-order valence-corrected chi connectivity index (χ0v) is 11.1. The van der Waals surface area contributed by atoms with E-state index >= 15 is 0 Å². The maximum Gasteiger partial charge on any atom is 0.362 e. The standard InChI is InChI=1S/C14H9N3O5/c18-13-11-3-1-2-4-12(11)22-16(13)14(19)15-9-5-7-10(8-6-9)17(20)21/h1-8H,(H,15,19). The number of fused-ring (bicyclic) bond motifs is 1. The lowest BCUT2D eigenvalue weighted by molar-refractivity contribution is -0.384. The lowest BCUT2D eigenvalue weighted by atomic mass is 10.3. The molecule has 0 unspecified atom stereocenters. The van der Waals surface area contributed by atoms with Gasteiger partial charge in [-0.2, -0.15) is 0 Å². The molecule has 3 aromatic rings. The molecule has 22 heavy (non-hydrogen) atoms. The number of non-ortho nitro benzene ring substituents is 1. The fourth-order valence-corrected chi connectivity index (χ4v) is 1.95. The summed E-state index contributed by atoms with van der Waals surface area (Å²) in [6, 6.07) is 10.9. The molecule has 110 valence electrons. The molecule has 0 bridgehead atoms. The minimum Gasteiger partial charge on any atom is -0.366 e. The number of anilines is 1. The number of rotatable bonds is 2. The van der Waals surface area contributed by atoms with Crippen LogP contribution in [0.1, 0.15) is 0 Å². The number of hydrogen-bond donors (Lipinski definition) is 1. The van der Waals surface area contributed by atoms with Gasteiger partial charge in [-0.1, -0.05) is 16.9 Å². The Morgan fingerprint density at radius 3 is 2.45 bits per heavy atom. The van der Waals surface area contributed by atoms with Crippen molar-refractivity contribution in [2.24, 2.45) is 0 Å². The minimum atomic E-state index is -0.782. The summed E-state index contributed by atoms with van der Waals surface area (Å²) in [5.74, 6) is 0. The molecule has 2 aromatic carbocycles. The molecule has 8 nitrogen and oxygen atoms in total. The van der Waals surface area contributed by atoms with Crippen LogP contribution >= 0.6 is 0 Å². The van der Waals surface area contributed by atoms with Crippen LogP contribution in [0.25, 0.3) is 11.0 Å². The number of carbonyl (C=O) groups excluding carboxylic acids is 1. The highest BCUT2D eigenvalue weighted by Crippen LogP contribution is 2.16. The molecular weight excluding hydrogens is 290 g/mol. The second-order valence-electron chi connectivity index (χ2n) is 4.42. The molecular formula is C14H9N3O5. The topological polar surface area (TPSA) is 107 Å². The third kappa shape index (κ3) is 2.33. The van der Waals surface area contributed by atoms with Crippen LogP contribution in [-0.4, -0.2) is 15.7 Å². The van der Waals surface area contributed by atoms with Gasteiger partial charge in [0.05, 0.1) is 10.3 Å². The molecule has 0 saturated heterocycles. The van der Waals surface area contributed by atoms with Crippen molar-refractivity contribution in [2.45, 2.75) is 0 Å². The lowest BCUT2D eigenvalue weighted by Gasteiger charge is -2.03. The van der Waals surface area contributed by atoms with Gasteiger partial charge in [-0.05, 0) is 24.3 Å². The molecule has 3 rings (SSSR count). The van der Waals surface area contributed by atoms with Crippen LogP contribution in [0.2, 0.25) is 0 Å². The Kier molecular flexibility index (Phi) is 3.18. The monoisotopic (exact) mass is 299 g/mol. The molecule has 0 radical (unpaired) electrons. The van der Waals surface area contributed by atoms with Crippen LogP contribution in [0, 0.1) is 10.1 Å². The van der Waals surface area contributed by atoms with Gasteiger partial charge in [-0.25, -0.2) is 4.79 Å². The van der Waals surface area contributed by atoms with Gasteiger partial charge >= 0.3 is 6.03 Å². The Hall–Kier alpha value is -3.42. The Labute approximate surface area is 122 Å². The van der Waals surface area contributed by atoms with Crippen LogP contribution in [0.5, 0.6) is 0 Å². The van der Waals surface area contributed by atoms with Gasteiger partial charge in [0.2, 0.25) is 0 Å². The molecule has 1 amide bonds. The van der Waals surface area contributed by atoms with E-state index in [1.165, 1.54) is 24.3 Å². The van der Waals surface area contributed by atoms with Crippen molar-refractivity contribution in [3.8, 4) is 0 Å². The number of benzene rings is 2. The predicted molar refractivity (Wildman–Crippen MR) is 78.0 cm³/mol. The average Bonchev–Trinajstić information content (AvgIpc) is 2.85. The normalized spacial score (nSPS) is 10.5.